The second-order valence-corrected chi connectivity index (χ2v) is 9.33. The number of nitrogens with one attached hydrogen (secondary N) is 1. The molecule has 0 saturated carbocycles. The Balaban J connectivity index is 1.82. The van der Waals surface area contributed by atoms with Crippen LogP contribution >= 0.6 is 0 Å². The summed E-state index contributed by atoms with van der Waals surface area (Å²) < 4.78 is 47.5. The number of aromatic nitrogens is 1. The van der Waals surface area contributed by atoms with E-state index >= 15 is 0 Å². The summed E-state index contributed by atoms with van der Waals surface area (Å²) in [6, 6.07) is 12.1. The molecule has 0 fully saturated rings. The molecule has 0 spiro atoms. The quantitative estimate of drug-likeness (QED) is 0.355. The number of sulfonamides is 1. The second-order valence-electron chi connectivity index (χ2n) is 7.57. The maximum atomic E-state index is 13.3. The van der Waals surface area contributed by atoms with Crippen LogP contribution in [0.3, 0.4) is 0 Å². The van der Waals surface area contributed by atoms with E-state index in [0.717, 1.165) is 17.3 Å². The average molecular weight is 484 g/mol. The van der Waals surface area contributed by atoms with Gasteiger partial charge in [0.05, 0.1) is 18.1 Å². The van der Waals surface area contributed by atoms with Crippen LogP contribution in [0.5, 0.6) is 0 Å². The standard InChI is InChI=1S/C25H26FN3O4S/c1-5-21-23(27-3)22(24(29(21)4)25(30)33-6-2)18-12-10-17(11-13-18)14-15-28-34(31,32)20-9-7-8-19(26)16-20/h7-13,16,28H,5-6,14-15H2,1-2,4H3. The van der Waals surface area contributed by atoms with Crippen molar-refractivity contribution in [2.45, 2.75) is 31.6 Å². The van der Waals surface area contributed by atoms with E-state index in [1.54, 1.807) is 18.5 Å². The highest BCUT2D eigenvalue weighted by atomic mass is 32.2. The molecule has 0 aliphatic rings. The predicted octanol–water partition coefficient (Wildman–Crippen LogP) is 4.64. The number of carbonyl (C=O) groups excluding carboxylic acids is 1. The first-order chi connectivity index (χ1) is 16.2. The topological polar surface area (TPSA) is 81.8 Å². The molecule has 1 N–H and O–H groups in total. The van der Waals surface area contributed by atoms with E-state index in [1.165, 1.54) is 18.2 Å². The van der Waals surface area contributed by atoms with Crippen molar-refractivity contribution in [1.82, 2.24) is 9.29 Å². The molecule has 2 aromatic carbocycles. The summed E-state index contributed by atoms with van der Waals surface area (Å²) in [7, 11) is -2.06. The lowest BCUT2D eigenvalue weighted by Crippen LogP contribution is -2.26. The summed E-state index contributed by atoms with van der Waals surface area (Å²) in [4.78, 5) is 16.2. The molecule has 3 aromatic rings. The molecule has 0 saturated heterocycles. The molecule has 34 heavy (non-hydrogen) atoms. The van der Waals surface area contributed by atoms with Gasteiger partial charge < -0.3 is 9.30 Å². The van der Waals surface area contributed by atoms with E-state index in [4.69, 9.17) is 11.3 Å². The molecule has 0 amide bonds. The molecule has 0 unspecified atom stereocenters. The van der Waals surface area contributed by atoms with E-state index in [9.17, 15) is 17.6 Å². The highest BCUT2D eigenvalue weighted by Crippen LogP contribution is 2.39. The van der Waals surface area contributed by atoms with Crippen molar-refractivity contribution in [3.63, 3.8) is 0 Å². The van der Waals surface area contributed by atoms with Crippen LogP contribution in [-0.2, 0) is 34.6 Å². The average Bonchev–Trinajstić information content (AvgIpc) is 3.10. The highest BCUT2D eigenvalue weighted by Gasteiger charge is 2.26. The Labute approximate surface area is 199 Å². The van der Waals surface area contributed by atoms with Crippen molar-refractivity contribution >= 4 is 21.7 Å². The minimum absolute atomic E-state index is 0.128. The molecule has 1 aromatic heterocycles. The van der Waals surface area contributed by atoms with E-state index in [0.29, 0.717) is 35.3 Å². The summed E-state index contributed by atoms with van der Waals surface area (Å²) in [5, 5.41) is 0. The van der Waals surface area contributed by atoms with Crippen molar-refractivity contribution in [3.8, 4) is 11.1 Å². The summed E-state index contributed by atoms with van der Waals surface area (Å²) >= 11 is 0. The summed E-state index contributed by atoms with van der Waals surface area (Å²) in [5.41, 5.74) is 3.60. The van der Waals surface area contributed by atoms with E-state index in [2.05, 4.69) is 9.57 Å². The zero-order chi connectivity index (χ0) is 24.9. The smallest absolute Gasteiger partial charge is 0.354 e. The molecule has 0 radical (unpaired) electrons. The van der Waals surface area contributed by atoms with Crippen LogP contribution in [0.2, 0.25) is 0 Å². The first kappa shape index (κ1) is 25.1. The van der Waals surface area contributed by atoms with Crippen molar-refractivity contribution in [2.24, 2.45) is 7.05 Å². The SMILES string of the molecule is [C-]#[N+]c1c(-c2ccc(CCNS(=O)(=O)c3cccc(F)c3)cc2)c(C(=O)OCC)n(C)c1CC. The van der Waals surface area contributed by atoms with E-state index < -0.39 is 21.8 Å². The minimum atomic E-state index is -3.82. The monoisotopic (exact) mass is 483 g/mol. The number of halogens is 1. The van der Waals surface area contributed by atoms with Crippen molar-refractivity contribution in [1.29, 1.82) is 0 Å². The molecular weight excluding hydrogens is 457 g/mol. The molecule has 0 bridgehead atoms. The van der Waals surface area contributed by atoms with Crippen LogP contribution < -0.4 is 4.72 Å². The van der Waals surface area contributed by atoms with Gasteiger partial charge in [0, 0.05) is 24.8 Å². The number of benzene rings is 2. The molecule has 7 nitrogen and oxygen atoms in total. The van der Waals surface area contributed by atoms with Gasteiger partial charge in [0.1, 0.15) is 11.5 Å². The Bertz CT molecular complexity index is 1340. The molecule has 3 rings (SSSR count). The number of hydrogen-bond donors (Lipinski definition) is 1. The van der Waals surface area contributed by atoms with Crippen molar-refractivity contribution < 1.29 is 22.3 Å². The minimum Gasteiger partial charge on any atom is -0.461 e. The number of rotatable bonds is 9. The van der Waals surface area contributed by atoms with Crippen LogP contribution in [0.4, 0.5) is 10.1 Å². The molecule has 9 heteroatoms. The Hall–Kier alpha value is -3.48. The zero-order valence-corrected chi connectivity index (χ0v) is 20.1. The van der Waals surface area contributed by atoms with Gasteiger partial charge in [-0.15, -0.1) is 0 Å². The normalized spacial score (nSPS) is 11.3. The lowest BCUT2D eigenvalue weighted by atomic mass is 10.0. The summed E-state index contributed by atoms with van der Waals surface area (Å²) in [6.07, 6.45) is 0.994. The number of esters is 1. The van der Waals surface area contributed by atoms with E-state index in [1.807, 2.05) is 31.2 Å². The molecule has 0 aliphatic heterocycles. The molecule has 178 valence electrons. The van der Waals surface area contributed by atoms with Crippen LogP contribution in [0.1, 0.15) is 35.6 Å². The predicted molar refractivity (Wildman–Crippen MR) is 128 cm³/mol. The number of ether oxygens (including phenoxy) is 1. The maximum absolute atomic E-state index is 13.3. The third kappa shape index (κ3) is 5.19. The van der Waals surface area contributed by atoms with Crippen LogP contribution in [0, 0.1) is 12.4 Å². The number of carbonyl (C=O) groups is 1. The fraction of sp³-hybridized carbons (Fsp3) is 0.280. The van der Waals surface area contributed by atoms with Gasteiger partial charge in [0.15, 0.2) is 0 Å². The Kier molecular flexibility index (Phi) is 7.87. The molecular formula is C25H26FN3O4S. The lowest BCUT2D eigenvalue weighted by Gasteiger charge is -2.10. The van der Waals surface area contributed by atoms with Gasteiger partial charge in [-0.3, -0.25) is 0 Å². The third-order valence-electron chi connectivity index (χ3n) is 5.46. The van der Waals surface area contributed by atoms with Gasteiger partial charge in [-0.25, -0.2) is 27.2 Å². The fourth-order valence-corrected chi connectivity index (χ4v) is 4.90. The summed E-state index contributed by atoms with van der Waals surface area (Å²) in [6.45, 7) is 11.7. The van der Waals surface area contributed by atoms with Gasteiger partial charge in [-0.2, -0.15) is 0 Å². The Morgan fingerprint density at radius 2 is 1.88 bits per heavy atom. The first-order valence-electron chi connectivity index (χ1n) is 10.8. The second kappa shape index (κ2) is 10.6. The molecule has 0 atom stereocenters. The Morgan fingerprint density at radius 1 is 1.18 bits per heavy atom. The van der Waals surface area contributed by atoms with E-state index in [-0.39, 0.29) is 18.0 Å². The van der Waals surface area contributed by atoms with Gasteiger partial charge in [-0.1, -0.05) is 37.3 Å². The highest BCUT2D eigenvalue weighted by molar-refractivity contribution is 7.89. The maximum Gasteiger partial charge on any atom is 0.354 e. The zero-order valence-electron chi connectivity index (χ0n) is 19.3. The Morgan fingerprint density at radius 3 is 2.47 bits per heavy atom. The summed E-state index contributed by atoms with van der Waals surface area (Å²) in [5.74, 6) is -1.10. The molecule has 0 aliphatic carbocycles. The van der Waals surface area contributed by atoms with Gasteiger partial charge in [-0.05, 0) is 49.1 Å². The van der Waals surface area contributed by atoms with Crippen LogP contribution in [0.25, 0.3) is 16.0 Å². The molecule has 1 heterocycles. The fourth-order valence-electron chi connectivity index (χ4n) is 3.84. The van der Waals surface area contributed by atoms with Crippen LogP contribution in [-0.4, -0.2) is 32.1 Å². The lowest BCUT2D eigenvalue weighted by molar-refractivity contribution is 0.0516. The van der Waals surface area contributed by atoms with Gasteiger partial charge >= 0.3 is 5.97 Å². The van der Waals surface area contributed by atoms with Gasteiger partial charge in [0.2, 0.25) is 15.7 Å². The third-order valence-corrected chi connectivity index (χ3v) is 6.92. The van der Waals surface area contributed by atoms with Crippen LogP contribution in [0.15, 0.2) is 53.4 Å². The number of nitrogens with zero attached hydrogens (tertiary/aromatic N) is 2. The first-order valence-corrected chi connectivity index (χ1v) is 12.3. The van der Waals surface area contributed by atoms with Crippen molar-refractivity contribution in [3.05, 3.63) is 82.7 Å². The largest absolute Gasteiger partial charge is 0.461 e. The van der Waals surface area contributed by atoms with Crippen molar-refractivity contribution in [2.75, 3.05) is 13.2 Å². The number of hydrogen-bond acceptors (Lipinski definition) is 4. The van der Waals surface area contributed by atoms with Gasteiger partial charge in [0.25, 0.3) is 0 Å².